The third-order valence-corrected chi connectivity index (χ3v) is 3.92. The number of nitriles is 1. The maximum atomic E-state index is 12.7. The van der Waals surface area contributed by atoms with Crippen molar-refractivity contribution in [3.05, 3.63) is 93.9 Å². The molecule has 3 rings (SSSR count). The number of carbonyl (C=O) groups excluding carboxylic acids is 1. The van der Waals surface area contributed by atoms with Gasteiger partial charge < -0.3 is 15.2 Å². The maximum absolute atomic E-state index is 12.7. The first kappa shape index (κ1) is 18.0. The van der Waals surface area contributed by atoms with Gasteiger partial charge in [0.1, 0.15) is 5.69 Å². The molecule has 1 aromatic heterocycles. The Bertz CT molecular complexity index is 1070. The molecule has 2 N–H and O–H groups in total. The molecule has 6 nitrogen and oxygen atoms in total. The van der Waals surface area contributed by atoms with E-state index in [0.29, 0.717) is 17.8 Å². The highest BCUT2D eigenvalue weighted by Gasteiger charge is 2.10. The van der Waals surface area contributed by atoms with E-state index in [0.717, 1.165) is 11.1 Å². The average molecular weight is 358 g/mol. The lowest BCUT2D eigenvalue weighted by atomic mass is 10.2. The van der Waals surface area contributed by atoms with Crippen molar-refractivity contribution in [2.24, 2.45) is 0 Å². The molecule has 2 aromatic carbocycles. The normalized spacial score (nSPS) is 10.1. The van der Waals surface area contributed by atoms with Crippen LogP contribution in [0, 0.1) is 18.3 Å². The number of anilines is 2. The number of nitrogens with one attached hydrogen (secondary N) is 2. The van der Waals surface area contributed by atoms with Gasteiger partial charge in [0.2, 0.25) is 0 Å². The summed E-state index contributed by atoms with van der Waals surface area (Å²) >= 11 is 0. The molecule has 134 valence electrons. The Kier molecular flexibility index (Phi) is 5.33. The van der Waals surface area contributed by atoms with Crippen LogP contribution < -0.4 is 16.2 Å². The summed E-state index contributed by atoms with van der Waals surface area (Å²) < 4.78 is 1.57. The van der Waals surface area contributed by atoms with Crippen molar-refractivity contribution >= 4 is 17.4 Å². The number of hydrogen-bond donors (Lipinski definition) is 2. The summed E-state index contributed by atoms with van der Waals surface area (Å²) in [5.41, 5.74) is 2.67. The largest absolute Gasteiger partial charge is 0.323 e. The Morgan fingerprint density at radius 2 is 1.85 bits per heavy atom. The number of rotatable bonds is 4. The number of amides is 2. The van der Waals surface area contributed by atoms with E-state index in [4.69, 9.17) is 5.26 Å². The van der Waals surface area contributed by atoms with Crippen molar-refractivity contribution in [2.75, 3.05) is 10.6 Å². The molecule has 0 atom stereocenters. The second-order valence-corrected chi connectivity index (χ2v) is 6.12. The molecule has 0 radical (unpaired) electrons. The van der Waals surface area contributed by atoms with Crippen LogP contribution in [0.3, 0.4) is 0 Å². The predicted molar refractivity (Wildman–Crippen MR) is 105 cm³/mol. The highest BCUT2D eigenvalue weighted by molar-refractivity contribution is 5.99. The molecule has 27 heavy (non-hydrogen) atoms. The van der Waals surface area contributed by atoms with Crippen LogP contribution in [-0.4, -0.2) is 10.6 Å². The smallest absolute Gasteiger partial charge is 0.309 e. The van der Waals surface area contributed by atoms with Crippen LogP contribution in [0.5, 0.6) is 0 Å². The summed E-state index contributed by atoms with van der Waals surface area (Å²) in [6.45, 7) is 2.28. The van der Waals surface area contributed by atoms with Crippen LogP contribution in [0.1, 0.15) is 16.7 Å². The van der Waals surface area contributed by atoms with Crippen LogP contribution >= 0.6 is 0 Å². The number of aryl methyl sites for hydroxylation is 1. The number of benzene rings is 2. The minimum absolute atomic E-state index is 0.194. The fourth-order valence-corrected chi connectivity index (χ4v) is 2.72. The number of pyridine rings is 1. The van der Waals surface area contributed by atoms with Crippen LogP contribution in [0.2, 0.25) is 0 Å². The van der Waals surface area contributed by atoms with Gasteiger partial charge in [-0.15, -0.1) is 0 Å². The van der Waals surface area contributed by atoms with Crippen molar-refractivity contribution in [2.45, 2.75) is 13.5 Å². The molecule has 6 heteroatoms. The molecule has 2 amide bonds. The SMILES string of the molecule is Cc1cc(NC(=O)Nc2cccc(C#N)c2)c(=O)n(Cc2ccccc2)c1. The highest BCUT2D eigenvalue weighted by Crippen LogP contribution is 2.11. The first-order valence-corrected chi connectivity index (χ1v) is 8.38. The lowest BCUT2D eigenvalue weighted by molar-refractivity contribution is 0.262. The molecule has 1 heterocycles. The minimum atomic E-state index is -0.543. The highest BCUT2D eigenvalue weighted by atomic mass is 16.2. The van der Waals surface area contributed by atoms with Gasteiger partial charge in [0.25, 0.3) is 5.56 Å². The van der Waals surface area contributed by atoms with Gasteiger partial charge in [-0.05, 0) is 42.3 Å². The zero-order valence-electron chi connectivity index (χ0n) is 14.8. The summed E-state index contributed by atoms with van der Waals surface area (Å²) in [5, 5.41) is 14.2. The van der Waals surface area contributed by atoms with Gasteiger partial charge in [0.05, 0.1) is 18.2 Å². The van der Waals surface area contributed by atoms with E-state index in [1.807, 2.05) is 43.3 Å². The van der Waals surface area contributed by atoms with E-state index in [9.17, 15) is 9.59 Å². The summed E-state index contributed by atoms with van der Waals surface area (Å²) in [4.78, 5) is 25.0. The monoisotopic (exact) mass is 358 g/mol. The van der Waals surface area contributed by atoms with Gasteiger partial charge in [-0.1, -0.05) is 36.4 Å². The van der Waals surface area contributed by atoms with Gasteiger partial charge >= 0.3 is 6.03 Å². The standard InChI is InChI=1S/C21H18N4O2/c1-15-10-19(20(26)25(13-15)14-16-6-3-2-4-7-16)24-21(27)23-18-9-5-8-17(11-18)12-22/h2-11,13H,14H2,1H3,(H2,23,24,27). The van der Waals surface area contributed by atoms with E-state index in [1.165, 1.54) is 0 Å². The van der Waals surface area contributed by atoms with Gasteiger partial charge in [0.15, 0.2) is 0 Å². The third kappa shape index (κ3) is 4.61. The molecule has 3 aromatic rings. The van der Waals surface area contributed by atoms with Crippen molar-refractivity contribution in [3.8, 4) is 6.07 Å². The second-order valence-electron chi connectivity index (χ2n) is 6.12. The first-order chi connectivity index (χ1) is 13.0. The lowest BCUT2D eigenvalue weighted by Crippen LogP contribution is -2.28. The zero-order chi connectivity index (χ0) is 19.2. The molecule has 0 saturated heterocycles. The van der Waals surface area contributed by atoms with Crippen molar-refractivity contribution in [1.82, 2.24) is 4.57 Å². The lowest BCUT2D eigenvalue weighted by Gasteiger charge is -2.12. The summed E-state index contributed by atoms with van der Waals surface area (Å²) in [5.74, 6) is 0. The fourth-order valence-electron chi connectivity index (χ4n) is 2.72. The molecule has 0 aliphatic rings. The van der Waals surface area contributed by atoms with Crippen LogP contribution in [0.4, 0.5) is 16.2 Å². The van der Waals surface area contributed by atoms with E-state index in [1.54, 1.807) is 41.1 Å². The Labute approximate surface area is 156 Å². The number of hydrogen-bond acceptors (Lipinski definition) is 3. The van der Waals surface area contributed by atoms with Gasteiger partial charge in [-0.3, -0.25) is 4.79 Å². The number of carbonyl (C=O) groups is 1. The number of nitrogens with zero attached hydrogens (tertiary/aromatic N) is 2. The maximum Gasteiger partial charge on any atom is 0.323 e. The van der Waals surface area contributed by atoms with Crippen molar-refractivity contribution < 1.29 is 4.79 Å². The van der Waals surface area contributed by atoms with Crippen LogP contribution in [0.15, 0.2) is 71.7 Å². The first-order valence-electron chi connectivity index (χ1n) is 8.38. The van der Waals surface area contributed by atoms with E-state index in [2.05, 4.69) is 10.6 Å². The van der Waals surface area contributed by atoms with Gasteiger partial charge in [0, 0.05) is 11.9 Å². The average Bonchev–Trinajstić information content (AvgIpc) is 2.66. The molecular formula is C21H18N4O2. The van der Waals surface area contributed by atoms with Crippen LogP contribution in [0.25, 0.3) is 0 Å². The summed E-state index contributed by atoms with van der Waals surface area (Å²) in [7, 11) is 0. The van der Waals surface area contributed by atoms with E-state index >= 15 is 0 Å². The number of aromatic nitrogens is 1. The van der Waals surface area contributed by atoms with Gasteiger partial charge in [-0.2, -0.15) is 5.26 Å². The molecule has 0 fully saturated rings. The fraction of sp³-hybridized carbons (Fsp3) is 0.0952. The Morgan fingerprint density at radius 3 is 2.59 bits per heavy atom. The van der Waals surface area contributed by atoms with Crippen LogP contribution in [-0.2, 0) is 6.54 Å². The third-order valence-electron chi connectivity index (χ3n) is 3.92. The zero-order valence-corrected chi connectivity index (χ0v) is 14.8. The summed E-state index contributed by atoms with van der Waals surface area (Å²) in [6.07, 6.45) is 1.76. The predicted octanol–water partition coefficient (Wildman–Crippen LogP) is 3.72. The quantitative estimate of drug-likeness (QED) is 0.745. The van der Waals surface area contributed by atoms with Gasteiger partial charge in [-0.25, -0.2) is 4.79 Å². The molecule has 0 aliphatic carbocycles. The Balaban J connectivity index is 1.79. The Morgan fingerprint density at radius 1 is 1.07 bits per heavy atom. The topological polar surface area (TPSA) is 86.9 Å². The molecule has 0 unspecified atom stereocenters. The molecule has 0 bridgehead atoms. The molecule has 0 spiro atoms. The Hall–Kier alpha value is -3.85. The van der Waals surface area contributed by atoms with Crippen molar-refractivity contribution in [3.63, 3.8) is 0 Å². The number of urea groups is 1. The minimum Gasteiger partial charge on any atom is -0.309 e. The molecular weight excluding hydrogens is 340 g/mol. The van der Waals surface area contributed by atoms with Crippen molar-refractivity contribution in [1.29, 1.82) is 5.26 Å². The second kappa shape index (κ2) is 8.02. The summed E-state index contributed by atoms with van der Waals surface area (Å²) in [6, 6.07) is 19.3. The van der Waals surface area contributed by atoms with E-state index in [-0.39, 0.29) is 11.2 Å². The van der Waals surface area contributed by atoms with E-state index < -0.39 is 6.03 Å². The molecule has 0 saturated carbocycles. The molecule has 0 aliphatic heterocycles.